The number of nitrogens with zero attached hydrogens (tertiary/aromatic N) is 2. The van der Waals surface area contributed by atoms with E-state index in [0.29, 0.717) is 15.8 Å². The summed E-state index contributed by atoms with van der Waals surface area (Å²) < 4.78 is 0. The van der Waals surface area contributed by atoms with Crippen LogP contribution in [0.5, 0.6) is 0 Å². The molecule has 1 aliphatic rings. The van der Waals surface area contributed by atoms with E-state index in [1.54, 1.807) is 22.8 Å². The summed E-state index contributed by atoms with van der Waals surface area (Å²) in [7, 11) is 0. The lowest BCUT2D eigenvalue weighted by atomic mass is 9.97. The molecular formula is C16H12ClN3O3S2. The van der Waals surface area contributed by atoms with Crippen LogP contribution >= 0.6 is 34.3 Å². The van der Waals surface area contributed by atoms with Crippen molar-refractivity contribution in [2.75, 3.05) is 0 Å². The lowest BCUT2D eigenvalue weighted by Crippen LogP contribution is -2.12. The maximum absolute atomic E-state index is 12.5. The normalized spacial score (nSPS) is 14.7. The maximum Gasteiger partial charge on any atom is 0.324 e. The Morgan fingerprint density at radius 3 is 2.96 bits per heavy atom. The Morgan fingerprint density at radius 1 is 1.40 bits per heavy atom. The molecule has 3 aromatic rings. The first kappa shape index (κ1) is 16.4. The molecular weight excluding hydrogens is 382 g/mol. The predicted molar refractivity (Wildman–Crippen MR) is 102 cm³/mol. The van der Waals surface area contributed by atoms with Crippen molar-refractivity contribution in [1.29, 1.82) is 0 Å². The molecule has 4 rings (SSSR count). The van der Waals surface area contributed by atoms with Crippen molar-refractivity contribution in [1.82, 2.24) is 9.97 Å². The zero-order valence-corrected chi connectivity index (χ0v) is 15.3. The van der Waals surface area contributed by atoms with E-state index in [2.05, 4.69) is 9.97 Å². The van der Waals surface area contributed by atoms with Gasteiger partial charge < -0.3 is 4.98 Å². The number of rotatable bonds is 3. The van der Waals surface area contributed by atoms with E-state index in [-0.39, 0.29) is 21.4 Å². The fraction of sp³-hybridized carbons (Fsp3) is 0.250. The molecule has 3 heterocycles. The lowest BCUT2D eigenvalue weighted by molar-refractivity contribution is -0.380. The second-order valence-corrected chi connectivity index (χ2v) is 8.15. The first-order chi connectivity index (χ1) is 12.0. The van der Waals surface area contributed by atoms with Crippen molar-refractivity contribution in [3.8, 4) is 0 Å². The smallest absolute Gasteiger partial charge is 0.305 e. The minimum Gasteiger partial charge on any atom is -0.305 e. The van der Waals surface area contributed by atoms with Gasteiger partial charge in [-0.25, -0.2) is 4.98 Å². The van der Waals surface area contributed by atoms with Crippen LogP contribution in [0.15, 0.2) is 16.2 Å². The Labute approximate surface area is 155 Å². The van der Waals surface area contributed by atoms with Crippen molar-refractivity contribution < 1.29 is 4.92 Å². The lowest BCUT2D eigenvalue weighted by Gasteiger charge is -2.09. The molecule has 0 saturated heterocycles. The molecule has 6 nitrogen and oxygen atoms in total. The fourth-order valence-corrected chi connectivity index (χ4v) is 5.16. The molecule has 0 radical (unpaired) electrons. The second-order valence-electron chi connectivity index (χ2n) is 5.77. The first-order valence-electron chi connectivity index (χ1n) is 7.68. The van der Waals surface area contributed by atoms with Gasteiger partial charge >= 0.3 is 5.00 Å². The summed E-state index contributed by atoms with van der Waals surface area (Å²) in [6.07, 6.45) is 5.72. The average Bonchev–Trinajstić information content (AvgIpc) is 3.18. The van der Waals surface area contributed by atoms with Gasteiger partial charge in [0.1, 0.15) is 4.83 Å². The number of nitro groups is 1. The third kappa shape index (κ3) is 3.01. The van der Waals surface area contributed by atoms with E-state index in [1.807, 2.05) is 0 Å². The number of aryl methyl sites for hydroxylation is 2. The van der Waals surface area contributed by atoms with Crippen LogP contribution < -0.4 is 5.56 Å². The highest BCUT2D eigenvalue weighted by Crippen LogP contribution is 2.34. The van der Waals surface area contributed by atoms with E-state index in [4.69, 9.17) is 11.6 Å². The molecule has 25 heavy (non-hydrogen) atoms. The Balaban J connectivity index is 1.76. The summed E-state index contributed by atoms with van der Waals surface area (Å²) >= 11 is 8.88. The number of hydrogen-bond donors (Lipinski definition) is 1. The number of nitrogens with one attached hydrogen (secondary N) is 1. The molecule has 0 saturated carbocycles. The van der Waals surface area contributed by atoms with Crippen LogP contribution in [0.4, 0.5) is 5.00 Å². The molecule has 3 aromatic heterocycles. The summed E-state index contributed by atoms with van der Waals surface area (Å²) in [4.78, 5) is 32.0. The molecule has 0 amide bonds. The number of halogens is 1. The highest BCUT2D eigenvalue weighted by Gasteiger charge is 2.20. The van der Waals surface area contributed by atoms with Crippen molar-refractivity contribution in [3.05, 3.63) is 53.7 Å². The van der Waals surface area contributed by atoms with Gasteiger partial charge in [-0.15, -0.1) is 11.3 Å². The largest absolute Gasteiger partial charge is 0.324 e. The topological polar surface area (TPSA) is 88.9 Å². The molecule has 9 heteroatoms. The van der Waals surface area contributed by atoms with Gasteiger partial charge in [0.2, 0.25) is 0 Å². The highest BCUT2D eigenvalue weighted by molar-refractivity contribution is 7.18. The van der Waals surface area contributed by atoms with Crippen LogP contribution in [0.2, 0.25) is 0 Å². The molecule has 128 valence electrons. The molecule has 0 spiro atoms. The van der Waals surface area contributed by atoms with Gasteiger partial charge in [0.15, 0.2) is 5.82 Å². The van der Waals surface area contributed by atoms with Gasteiger partial charge in [-0.3, -0.25) is 14.9 Å². The Kier molecular flexibility index (Phi) is 4.18. The van der Waals surface area contributed by atoms with Crippen molar-refractivity contribution >= 4 is 60.6 Å². The minimum absolute atomic E-state index is 0.0403. The van der Waals surface area contributed by atoms with Gasteiger partial charge in [-0.1, -0.05) is 22.9 Å². The van der Waals surface area contributed by atoms with Gasteiger partial charge in [0.25, 0.3) is 5.56 Å². The summed E-state index contributed by atoms with van der Waals surface area (Å²) in [5.74, 6) is 0.284. The molecule has 0 aromatic carbocycles. The quantitative estimate of drug-likeness (QED) is 0.521. The Bertz CT molecular complexity index is 1080. The van der Waals surface area contributed by atoms with Gasteiger partial charge in [-0.2, -0.15) is 0 Å². The van der Waals surface area contributed by atoms with Crippen LogP contribution in [0.25, 0.3) is 21.3 Å². The highest BCUT2D eigenvalue weighted by atomic mass is 35.5. The second kappa shape index (κ2) is 6.36. The maximum atomic E-state index is 12.5. The van der Waals surface area contributed by atoms with Gasteiger partial charge in [0.05, 0.1) is 15.3 Å². The molecule has 0 bridgehead atoms. The number of aromatic amines is 1. The molecule has 1 aliphatic carbocycles. The van der Waals surface area contributed by atoms with Crippen LogP contribution in [-0.4, -0.2) is 14.9 Å². The molecule has 0 atom stereocenters. The summed E-state index contributed by atoms with van der Waals surface area (Å²) in [5.41, 5.74) is 1.55. The van der Waals surface area contributed by atoms with Crippen molar-refractivity contribution in [2.24, 2.45) is 0 Å². The standard InChI is InChI=1S/C16H12ClN3O3S2/c17-10(5-8-6-12(20(22)23)24-7-8)14-18-15(21)13-9-3-1-2-4-11(9)25-16(13)19-14/h5-7H,1-4H2,(H,18,19,21)/b10-5-. The summed E-state index contributed by atoms with van der Waals surface area (Å²) in [6, 6.07) is 1.44. The fourth-order valence-electron chi connectivity index (χ4n) is 3.00. The minimum atomic E-state index is -0.446. The van der Waals surface area contributed by atoms with Gasteiger partial charge in [-0.05, 0) is 42.9 Å². The van der Waals surface area contributed by atoms with Crippen LogP contribution in [0, 0.1) is 10.1 Å². The number of fused-ring (bicyclic) bond motifs is 3. The van der Waals surface area contributed by atoms with E-state index >= 15 is 0 Å². The van der Waals surface area contributed by atoms with Crippen LogP contribution in [0.3, 0.4) is 0 Å². The summed E-state index contributed by atoms with van der Waals surface area (Å²) in [5, 5.41) is 13.4. The Hall–Kier alpha value is -2.03. The van der Waals surface area contributed by atoms with E-state index in [9.17, 15) is 14.9 Å². The summed E-state index contributed by atoms with van der Waals surface area (Å²) in [6.45, 7) is 0. The Morgan fingerprint density at radius 2 is 2.20 bits per heavy atom. The SMILES string of the molecule is O=c1[nH]c(/C(Cl)=C/c2csc([N+](=O)[O-])c2)nc2sc3c(c12)CCCC3. The predicted octanol–water partition coefficient (Wildman–Crippen LogP) is 4.57. The molecule has 0 fully saturated rings. The van der Waals surface area contributed by atoms with E-state index in [0.717, 1.165) is 42.6 Å². The monoisotopic (exact) mass is 393 g/mol. The average molecular weight is 394 g/mol. The number of aromatic nitrogens is 2. The molecule has 1 N–H and O–H groups in total. The number of hydrogen-bond acceptors (Lipinski definition) is 6. The van der Waals surface area contributed by atoms with Crippen molar-refractivity contribution in [2.45, 2.75) is 25.7 Å². The van der Waals surface area contributed by atoms with Gasteiger partial charge in [0, 0.05) is 16.3 Å². The van der Waals surface area contributed by atoms with E-state index in [1.165, 1.54) is 10.9 Å². The molecule has 0 unspecified atom stereocenters. The van der Waals surface area contributed by atoms with E-state index < -0.39 is 4.92 Å². The third-order valence-corrected chi connectivity index (χ3v) is 6.50. The zero-order chi connectivity index (χ0) is 17.6. The van der Waals surface area contributed by atoms with Crippen LogP contribution in [0.1, 0.15) is 34.7 Å². The van der Waals surface area contributed by atoms with Crippen molar-refractivity contribution in [3.63, 3.8) is 0 Å². The number of H-pyrrole nitrogens is 1. The zero-order valence-electron chi connectivity index (χ0n) is 12.9. The first-order valence-corrected chi connectivity index (χ1v) is 9.75. The van der Waals surface area contributed by atoms with Crippen LogP contribution in [-0.2, 0) is 12.8 Å². The number of thiophene rings is 2. The third-order valence-electron chi connectivity index (χ3n) is 4.13. The molecule has 0 aliphatic heterocycles.